The van der Waals surface area contributed by atoms with E-state index < -0.39 is 23.6 Å². The highest BCUT2D eigenvalue weighted by Crippen LogP contribution is 2.68. The van der Waals surface area contributed by atoms with Crippen molar-refractivity contribution in [3.05, 3.63) is 23.8 Å². The average Bonchev–Trinajstić information content (AvgIpc) is 2.93. The summed E-state index contributed by atoms with van der Waals surface area (Å²) in [6.07, 6.45) is 4.27. The van der Waals surface area contributed by atoms with Gasteiger partial charge in [-0.2, -0.15) is 0 Å². The monoisotopic (exact) mass is 364 g/mol. The smallest absolute Gasteiger partial charge is 0.336 e. The number of aliphatic hydroxyl groups excluding tert-OH is 3. The Kier molecular flexibility index (Phi) is 4.87. The number of carbonyl (C=O) groups is 1. The van der Waals surface area contributed by atoms with Crippen LogP contribution < -0.4 is 0 Å². The standard InChI is InChI=1S/C21H32O5/c1-13-7-10-21(4)19(2,9-8-17(24)20(21,3)12-22)15(13)6-5-14-16(23)11-26-18(14)25/h5,15-17,22-24H,1,6-12H2,2-4H3/b14-5+/t15-,16-,17-,19+,20-,21+/m1/s1. The van der Waals surface area contributed by atoms with Crippen LogP contribution in [0, 0.1) is 22.2 Å². The molecule has 0 bridgehead atoms. The molecule has 0 spiro atoms. The number of cyclic esters (lactones) is 1. The first-order chi connectivity index (χ1) is 12.1. The summed E-state index contributed by atoms with van der Waals surface area (Å²) in [6.45, 7) is 10.7. The third kappa shape index (κ3) is 2.51. The SMILES string of the molecule is C=C1CC[C@@]2(C)[C@@](C)(CC[C@@H](O)[C@@]2(C)CO)[C@@H]1C/C=C1/C(=O)OC[C@H]1O. The molecular formula is C21H32O5. The Morgan fingerprint density at radius 1 is 1.27 bits per heavy atom. The van der Waals surface area contributed by atoms with Crippen LogP contribution in [0.1, 0.15) is 52.9 Å². The molecule has 0 aromatic carbocycles. The van der Waals surface area contributed by atoms with Gasteiger partial charge in [-0.05, 0) is 48.9 Å². The molecule has 3 N–H and O–H groups in total. The van der Waals surface area contributed by atoms with Gasteiger partial charge in [0.1, 0.15) is 12.7 Å². The molecule has 26 heavy (non-hydrogen) atoms. The Hall–Kier alpha value is -1.17. The van der Waals surface area contributed by atoms with Crippen molar-refractivity contribution in [2.75, 3.05) is 13.2 Å². The van der Waals surface area contributed by atoms with Crippen molar-refractivity contribution < 1.29 is 24.9 Å². The second-order valence-corrected chi connectivity index (χ2v) is 9.10. The van der Waals surface area contributed by atoms with E-state index in [0.717, 1.165) is 24.8 Å². The van der Waals surface area contributed by atoms with E-state index in [0.29, 0.717) is 18.4 Å². The molecule has 3 aliphatic rings. The minimum absolute atomic E-state index is 0.0278. The molecule has 3 rings (SSSR count). The molecular weight excluding hydrogens is 332 g/mol. The van der Waals surface area contributed by atoms with E-state index in [1.807, 2.05) is 13.0 Å². The largest absolute Gasteiger partial charge is 0.459 e. The van der Waals surface area contributed by atoms with Crippen molar-refractivity contribution in [1.82, 2.24) is 0 Å². The van der Waals surface area contributed by atoms with Gasteiger partial charge in [0, 0.05) is 5.41 Å². The van der Waals surface area contributed by atoms with Crippen molar-refractivity contribution in [2.45, 2.75) is 65.1 Å². The summed E-state index contributed by atoms with van der Waals surface area (Å²) in [5, 5.41) is 30.8. The molecule has 3 fully saturated rings. The van der Waals surface area contributed by atoms with Crippen molar-refractivity contribution >= 4 is 5.97 Å². The van der Waals surface area contributed by atoms with Gasteiger partial charge in [-0.3, -0.25) is 0 Å². The molecule has 2 aliphatic carbocycles. The first-order valence-corrected chi connectivity index (χ1v) is 9.62. The Labute approximate surface area is 155 Å². The Bertz CT molecular complexity index is 640. The first-order valence-electron chi connectivity index (χ1n) is 9.62. The molecule has 1 heterocycles. The highest BCUT2D eigenvalue weighted by molar-refractivity contribution is 5.91. The van der Waals surface area contributed by atoms with Crippen LogP contribution in [0.5, 0.6) is 0 Å². The van der Waals surface area contributed by atoms with Gasteiger partial charge >= 0.3 is 5.97 Å². The predicted molar refractivity (Wildman–Crippen MR) is 98.2 cm³/mol. The molecule has 0 aromatic heterocycles. The molecule has 146 valence electrons. The average molecular weight is 364 g/mol. The van der Waals surface area contributed by atoms with Crippen molar-refractivity contribution in [3.63, 3.8) is 0 Å². The van der Waals surface area contributed by atoms with Gasteiger partial charge in [-0.1, -0.05) is 39.0 Å². The second kappa shape index (κ2) is 6.47. The predicted octanol–water partition coefficient (Wildman–Crippen LogP) is 2.35. The molecule has 0 amide bonds. The molecule has 1 saturated heterocycles. The van der Waals surface area contributed by atoms with Crippen molar-refractivity contribution in [2.24, 2.45) is 22.2 Å². The van der Waals surface area contributed by atoms with Crippen LogP contribution in [-0.4, -0.2) is 46.7 Å². The minimum Gasteiger partial charge on any atom is -0.459 e. The van der Waals surface area contributed by atoms with E-state index in [2.05, 4.69) is 20.4 Å². The highest BCUT2D eigenvalue weighted by Gasteiger charge is 2.64. The summed E-state index contributed by atoms with van der Waals surface area (Å²) in [5.41, 5.74) is 0.529. The van der Waals surface area contributed by atoms with Crippen molar-refractivity contribution in [3.8, 4) is 0 Å². The lowest BCUT2D eigenvalue weighted by Gasteiger charge is -2.66. The highest BCUT2D eigenvalue weighted by atomic mass is 16.6. The number of aliphatic hydroxyl groups is 3. The number of carbonyl (C=O) groups excluding carboxylic acids is 1. The summed E-state index contributed by atoms with van der Waals surface area (Å²) in [5.74, 6) is -0.307. The third-order valence-electron chi connectivity index (χ3n) is 8.27. The maximum absolute atomic E-state index is 11.8. The van der Waals surface area contributed by atoms with Gasteiger partial charge in [-0.25, -0.2) is 4.79 Å². The number of fused-ring (bicyclic) bond motifs is 1. The molecule has 0 unspecified atom stereocenters. The fourth-order valence-corrected chi connectivity index (χ4v) is 5.85. The minimum atomic E-state index is -0.852. The van der Waals surface area contributed by atoms with Gasteiger partial charge < -0.3 is 20.1 Å². The van der Waals surface area contributed by atoms with Gasteiger partial charge in [-0.15, -0.1) is 0 Å². The van der Waals surface area contributed by atoms with Gasteiger partial charge in [0.25, 0.3) is 0 Å². The number of hydrogen-bond donors (Lipinski definition) is 3. The molecule has 1 aliphatic heterocycles. The molecule has 0 radical (unpaired) electrons. The number of allylic oxidation sites excluding steroid dienone is 2. The van der Waals surface area contributed by atoms with E-state index >= 15 is 0 Å². The molecule has 6 atom stereocenters. The molecule has 0 aromatic rings. The van der Waals surface area contributed by atoms with Crippen LogP contribution >= 0.6 is 0 Å². The van der Waals surface area contributed by atoms with Gasteiger partial charge in [0.15, 0.2) is 0 Å². The lowest BCUT2D eigenvalue weighted by atomic mass is 9.38. The molecule has 5 heteroatoms. The zero-order valence-electron chi connectivity index (χ0n) is 16.1. The third-order valence-corrected chi connectivity index (χ3v) is 8.27. The zero-order valence-corrected chi connectivity index (χ0v) is 16.1. The second-order valence-electron chi connectivity index (χ2n) is 9.10. The van der Waals surface area contributed by atoms with Gasteiger partial charge in [0.05, 0.1) is 18.3 Å². The Morgan fingerprint density at radius 2 is 1.96 bits per heavy atom. The lowest BCUT2D eigenvalue weighted by Crippen LogP contribution is -2.64. The van der Waals surface area contributed by atoms with Crippen LogP contribution in [0.3, 0.4) is 0 Å². The molecule has 2 saturated carbocycles. The summed E-state index contributed by atoms with van der Waals surface area (Å²) in [4.78, 5) is 11.8. The number of hydrogen-bond acceptors (Lipinski definition) is 5. The number of esters is 1. The molecule has 5 nitrogen and oxygen atoms in total. The maximum Gasteiger partial charge on any atom is 0.336 e. The van der Waals surface area contributed by atoms with Crippen LogP contribution in [0.25, 0.3) is 0 Å². The van der Waals surface area contributed by atoms with E-state index in [9.17, 15) is 20.1 Å². The Morgan fingerprint density at radius 3 is 2.54 bits per heavy atom. The first kappa shape index (κ1) is 19.6. The summed E-state index contributed by atoms with van der Waals surface area (Å²) < 4.78 is 4.91. The number of rotatable bonds is 3. The van der Waals surface area contributed by atoms with Crippen molar-refractivity contribution in [1.29, 1.82) is 0 Å². The van der Waals surface area contributed by atoms with Gasteiger partial charge in [0.2, 0.25) is 0 Å². The quantitative estimate of drug-likeness (QED) is 0.406. The summed E-state index contributed by atoms with van der Waals surface area (Å²) >= 11 is 0. The maximum atomic E-state index is 11.8. The van der Waals surface area contributed by atoms with Crippen LogP contribution in [0.2, 0.25) is 0 Å². The van der Waals surface area contributed by atoms with E-state index in [-0.39, 0.29) is 30.0 Å². The summed E-state index contributed by atoms with van der Waals surface area (Å²) in [6, 6.07) is 0. The van der Waals surface area contributed by atoms with E-state index in [4.69, 9.17) is 4.74 Å². The summed E-state index contributed by atoms with van der Waals surface area (Å²) in [7, 11) is 0. The number of ether oxygens (including phenoxy) is 1. The zero-order chi connectivity index (χ0) is 19.3. The topological polar surface area (TPSA) is 87.0 Å². The van der Waals surface area contributed by atoms with Crippen LogP contribution in [0.15, 0.2) is 23.8 Å². The fourth-order valence-electron chi connectivity index (χ4n) is 5.85. The fraction of sp³-hybridized carbons (Fsp3) is 0.762. The van der Waals surface area contributed by atoms with Crippen LogP contribution in [0.4, 0.5) is 0 Å². The van der Waals surface area contributed by atoms with E-state index in [1.165, 1.54) is 0 Å². The van der Waals surface area contributed by atoms with E-state index in [1.54, 1.807) is 0 Å². The van der Waals surface area contributed by atoms with Crippen LogP contribution in [-0.2, 0) is 9.53 Å². The lowest BCUT2D eigenvalue weighted by molar-refractivity contribution is -0.210. The Balaban J connectivity index is 1.96. The normalized spacial score (nSPS) is 47.8.